The average Bonchev–Trinajstić information content (AvgIpc) is 2.47. The number of hydrogen-bond acceptors (Lipinski definition) is 5. The highest BCUT2D eigenvalue weighted by Crippen LogP contribution is 2.29. The first-order valence-corrected chi connectivity index (χ1v) is 8.33. The predicted molar refractivity (Wildman–Crippen MR) is 78.4 cm³/mol. The van der Waals surface area contributed by atoms with E-state index in [9.17, 15) is 13.2 Å². The number of carbonyl (C=O) groups is 1. The second-order valence-corrected chi connectivity index (χ2v) is 7.15. The fourth-order valence-electron chi connectivity index (χ4n) is 2.04. The molecule has 1 unspecified atom stereocenters. The molecule has 0 aromatic heterocycles. The molecule has 1 amide bonds. The first-order valence-electron chi connectivity index (χ1n) is 6.10. The van der Waals surface area contributed by atoms with E-state index in [-0.39, 0.29) is 24.7 Å². The Morgan fingerprint density at radius 1 is 1.52 bits per heavy atom. The number of nitrogens with zero attached hydrogens (tertiary/aromatic N) is 1. The average molecular weight is 379 g/mol. The smallest absolute Gasteiger partial charge is 0.244 e. The number of carbonyl (C=O) groups excluding carboxylic acids is 1. The van der Waals surface area contributed by atoms with Gasteiger partial charge in [-0.15, -0.1) is 0 Å². The minimum Gasteiger partial charge on any atom is -0.496 e. The number of amides is 1. The summed E-state index contributed by atoms with van der Waals surface area (Å²) in [6, 6.07) is 3.40. The van der Waals surface area contributed by atoms with Crippen LogP contribution in [0.5, 0.6) is 5.75 Å². The maximum absolute atomic E-state index is 12.7. The number of benzene rings is 1. The van der Waals surface area contributed by atoms with Crippen molar-refractivity contribution < 1.29 is 22.7 Å². The quantitative estimate of drug-likeness (QED) is 0.813. The van der Waals surface area contributed by atoms with Gasteiger partial charge in [-0.25, -0.2) is 8.42 Å². The van der Waals surface area contributed by atoms with Crippen LogP contribution in [0.1, 0.15) is 0 Å². The van der Waals surface area contributed by atoms with Crippen LogP contribution < -0.4 is 10.5 Å². The van der Waals surface area contributed by atoms with Crippen molar-refractivity contribution in [1.82, 2.24) is 4.31 Å². The van der Waals surface area contributed by atoms with E-state index >= 15 is 0 Å². The fraction of sp³-hybridized carbons (Fsp3) is 0.417. The SMILES string of the molecule is COc1ccc(S(=O)(=O)N2CCOCC2C(N)=O)cc1Br. The summed E-state index contributed by atoms with van der Waals surface area (Å²) in [5, 5.41) is 0. The molecule has 0 saturated carbocycles. The zero-order chi connectivity index (χ0) is 15.6. The zero-order valence-corrected chi connectivity index (χ0v) is 13.7. The molecule has 1 heterocycles. The summed E-state index contributed by atoms with van der Waals surface area (Å²) in [5.74, 6) is -0.215. The Balaban J connectivity index is 2.40. The van der Waals surface area contributed by atoms with Gasteiger partial charge in [0.2, 0.25) is 15.9 Å². The van der Waals surface area contributed by atoms with Crippen LogP contribution in [0.2, 0.25) is 0 Å². The second-order valence-electron chi connectivity index (χ2n) is 4.41. The lowest BCUT2D eigenvalue weighted by Crippen LogP contribution is -2.54. The minimum absolute atomic E-state index is 0.0358. The van der Waals surface area contributed by atoms with E-state index in [1.54, 1.807) is 0 Å². The molecule has 1 aliphatic heterocycles. The van der Waals surface area contributed by atoms with Crippen molar-refractivity contribution in [2.24, 2.45) is 5.73 Å². The van der Waals surface area contributed by atoms with Crippen molar-refractivity contribution in [3.63, 3.8) is 0 Å². The van der Waals surface area contributed by atoms with Crippen LogP contribution in [-0.2, 0) is 19.6 Å². The molecule has 0 aliphatic carbocycles. The molecule has 2 N–H and O–H groups in total. The summed E-state index contributed by atoms with van der Waals surface area (Å²) in [7, 11) is -2.35. The number of ether oxygens (including phenoxy) is 2. The van der Waals surface area contributed by atoms with E-state index in [1.165, 1.54) is 25.3 Å². The highest BCUT2D eigenvalue weighted by Gasteiger charge is 2.37. The summed E-state index contributed by atoms with van der Waals surface area (Å²) in [6.07, 6.45) is 0. The molecule has 0 spiro atoms. The minimum atomic E-state index is -3.84. The monoisotopic (exact) mass is 378 g/mol. The molecule has 116 valence electrons. The highest BCUT2D eigenvalue weighted by atomic mass is 79.9. The van der Waals surface area contributed by atoms with E-state index in [0.29, 0.717) is 10.2 Å². The highest BCUT2D eigenvalue weighted by molar-refractivity contribution is 9.10. The van der Waals surface area contributed by atoms with E-state index < -0.39 is 22.0 Å². The van der Waals surface area contributed by atoms with Gasteiger partial charge in [-0.05, 0) is 34.1 Å². The number of sulfonamides is 1. The molecule has 0 bridgehead atoms. The van der Waals surface area contributed by atoms with Crippen LogP contribution in [-0.4, -0.2) is 51.5 Å². The number of halogens is 1. The molecule has 1 atom stereocenters. The first-order chi connectivity index (χ1) is 9.87. The van der Waals surface area contributed by atoms with E-state index in [0.717, 1.165) is 4.31 Å². The molecule has 7 nitrogen and oxygen atoms in total. The summed E-state index contributed by atoms with van der Waals surface area (Å²) in [5.41, 5.74) is 5.25. The topological polar surface area (TPSA) is 98.9 Å². The Hall–Kier alpha value is -1.16. The maximum atomic E-state index is 12.7. The number of rotatable bonds is 4. The van der Waals surface area contributed by atoms with E-state index in [2.05, 4.69) is 15.9 Å². The van der Waals surface area contributed by atoms with Gasteiger partial charge in [-0.3, -0.25) is 4.79 Å². The van der Waals surface area contributed by atoms with Crippen LogP contribution in [0.25, 0.3) is 0 Å². The Labute approximate surface area is 131 Å². The van der Waals surface area contributed by atoms with E-state index in [1.807, 2.05) is 0 Å². The van der Waals surface area contributed by atoms with Gasteiger partial charge >= 0.3 is 0 Å². The van der Waals surface area contributed by atoms with Crippen molar-refractivity contribution in [2.75, 3.05) is 26.9 Å². The van der Waals surface area contributed by atoms with Crippen LogP contribution in [0.15, 0.2) is 27.6 Å². The molecule has 0 radical (unpaired) electrons. The normalized spacial score (nSPS) is 20.2. The fourth-order valence-corrected chi connectivity index (χ4v) is 4.33. The Morgan fingerprint density at radius 2 is 2.24 bits per heavy atom. The van der Waals surface area contributed by atoms with Crippen LogP contribution in [0.4, 0.5) is 0 Å². The molecule has 1 aromatic carbocycles. The molecular formula is C12H15BrN2O5S. The number of primary amides is 1. The van der Waals surface area contributed by atoms with Crippen molar-refractivity contribution in [2.45, 2.75) is 10.9 Å². The summed E-state index contributed by atoms with van der Waals surface area (Å²) < 4.78 is 37.1. The third-order valence-electron chi connectivity index (χ3n) is 3.14. The van der Waals surface area contributed by atoms with Gasteiger partial charge in [-0.2, -0.15) is 4.31 Å². The maximum Gasteiger partial charge on any atom is 0.244 e. The largest absolute Gasteiger partial charge is 0.496 e. The van der Waals surface area contributed by atoms with Crippen molar-refractivity contribution in [1.29, 1.82) is 0 Å². The lowest BCUT2D eigenvalue weighted by atomic mass is 10.3. The number of methoxy groups -OCH3 is 1. The second kappa shape index (κ2) is 6.30. The standard InChI is InChI=1S/C12H15BrN2O5S/c1-19-11-3-2-8(6-9(11)13)21(17,18)15-4-5-20-7-10(15)12(14)16/h2-3,6,10H,4-5,7H2,1H3,(H2,14,16). The number of morpholine rings is 1. The van der Waals surface area contributed by atoms with Crippen LogP contribution in [0.3, 0.4) is 0 Å². The van der Waals surface area contributed by atoms with Gasteiger partial charge in [0.1, 0.15) is 11.8 Å². The third kappa shape index (κ3) is 3.20. The predicted octanol–water partition coefficient (Wildman–Crippen LogP) is 0.333. The molecule has 1 saturated heterocycles. The number of hydrogen-bond donors (Lipinski definition) is 1. The van der Waals surface area contributed by atoms with Gasteiger partial charge in [0, 0.05) is 6.54 Å². The zero-order valence-electron chi connectivity index (χ0n) is 11.3. The van der Waals surface area contributed by atoms with Gasteiger partial charge in [-0.1, -0.05) is 0 Å². The summed E-state index contributed by atoms with van der Waals surface area (Å²) in [4.78, 5) is 11.5. The van der Waals surface area contributed by atoms with Crippen molar-refractivity contribution in [3.05, 3.63) is 22.7 Å². The molecule has 21 heavy (non-hydrogen) atoms. The molecule has 1 fully saturated rings. The number of nitrogens with two attached hydrogens (primary N) is 1. The van der Waals surface area contributed by atoms with E-state index in [4.69, 9.17) is 15.2 Å². The van der Waals surface area contributed by atoms with Gasteiger partial charge < -0.3 is 15.2 Å². The molecule has 2 rings (SSSR count). The molecular weight excluding hydrogens is 364 g/mol. The van der Waals surface area contributed by atoms with Crippen LogP contribution in [0, 0.1) is 0 Å². The third-order valence-corrected chi connectivity index (χ3v) is 5.66. The molecule has 1 aromatic rings. The van der Waals surface area contributed by atoms with Crippen molar-refractivity contribution >= 4 is 31.9 Å². The van der Waals surface area contributed by atoms with Gasteiger partial charge in [0.15, 0.2) is 0 Å². The molecule has 9 heteroatoms. The summed E-state index contributed by atoms with van der Waals surface area (Å²) >= 11 is 3.24. The molecule has 1 aliphatic rings. The lowest BCUT2D eigenvalue weighted by molar-refractivity contribution is -0.125. The Bertz CT molecular complexity index is 649. The lowest BCUT2D eigenvalue weighted by Gasteiger charge is -2.32. The Kier molecular flexibility index (Phi) is 4.87. The van der Waals surface area contributed by atoms with Gasteiger partial charge in [0.25, 0.3) is 0 Å². The van der Waals surface area contributed by atoms with Crippen LogP contribution >= 0.6 is 15.9 Å². The first kappa shape index (κ1) is 16.2. The van der Waals surface area contributed by atoms with Gasteiger partial charge in [0.05, 0.1) is 29.7 Å². The van der Waals surface area contributed by atoms with Crippen molar-refractivity contribution in [3.8, 4) is 5.75 Å². The Morgan fingerprint density at radius 3 is 2.81 bits per heavy atom. The summed E-state index contributed by atoms with van der Waals surface area (Å²) in [6.45, 7) is 0.270.